The Bertz CT molecular complexity index is 10500. The van der Waals surface area contributed by atoms with Crippen molar-refractivity contribution in [3.63, 3.8) is 0 Å². The van der Waals surface area contributed by atoms with E-state index in [0.717, 1.165) is 0 Å². The molecule has 0 aliphatic heterocycles. The zero-order valence-corrected chi connectivity index (χ0v) is 83.8. The van der Waals surface area contributed by atoms with Crippen LogP contribution in [0, 0.1) is 0 Å². The van der Waals surface area contributed by atoms with Crippen LogP contribution in [0.2, 0.25) is 0 Å². The third-order valence-corrected chi connectivity index (χ3v) is 34.0. The molecule has 0 amide bonds. The lowest BCUT2D eigenvalue weighted by Gasteiger charge is -2.20. The van der Waals surface area contributed by atoms with Crippen molar-refractivity contribution < 1.29 is 0 Å². The number of rotatable bonds is 13. The van der Waals surface area contributed by atoms with E-state index in [0.29, 0.717) is 0 Å². The summed E-state index contributed by atoms with van der Waals surface area (Å²) in [5.41, 5.74) is 32.5. The van der Waals surface area contributed by atoms with Gasteiger partial charge in [-0.1, -0.05) is 497 Å². The second-order valence-electron chi connectivity index (χ2n) is 38.9. The van der Waals surface area contributed by atoms with Crippen LogP contribution in [0.4, 0.5) is 0 Å². The highest BCUT2D eigenvalue weighted by atomic mass is 32.1. The van der Waals surface area contributed by atoms with Gasteiger partial charge in [0.05, 0.1) is 0 Å². The fraction of sp³-hybridized carbons (Fsp3) is 0. The van der Waals surface area contributed by atoms with Gasteiger partial charge in [-0.3, -0.25) is 0 Å². The minimum absolute atomic E-state index is 1.21. The first-order valence-corrected chi connectivity index (χ1v) is 53.6. The van der Waals surface area contributed by atoms with Gasteiger partial charge in [0.25, 0.3) is 0 Å². The van der Waals surface area contributed by atoms with Gasteiger partial charge in [-0.25, -0.2) is 0 Å². The molecule has 0 spiro atoms. The van der Waals surface area contributed by atoms with E-state index in [1.165, 1.54) is 291 Å². The molecule has 0 bridgehead atoms. The van der Waals surface area contributed by atoms with E-state index >= 15 is 0 Å². The number of thiophene rings is 3. The minimum Gasteiger partial charge on any atom is -0.135 e. The summed E-state index contributed by atoms with van der Waals surface area (Å²) in [6, 6.07) is 205. The normalized spacial score (nSPS) is 11.6. The molecule has 0 saturated heterocycles. The molecule has 694 valence electrons. The Balaban J connectivity index is 0.000000108. The first-order chi connectivity index (χ1) is 73.9. The van der Waals surface area contributed by atoms with Gasteiger partial charge in [-0.15, -0.1) is 34.0 Å². The molecule has 30 aromatic rings. The van der Waals surface area contributed by atoms with Gasteiger partial charge in [0.2, 0.25) is 0 Å². The predicted molar refractivity (Wildman–Crippen MR) is 649 cm³/mol. The predicted octanol–water partition coefficient (Wildman–Crippen LogP) is 43.1. The third kappa shape index (κ3) is 15.8. The lowest BCUT2D eigenvalue weighted by Crippen LogP contribution is -1.92. The molecule has 0 fully saturated rings. The average molecular weight is 1940 g/mol. The Morgan fingerprint density at radius 3 is 0.725 bits per heavy atom. The van der Waals surface area contributed by atoms with E-state index in [1.54, 1.807) is 0 Å². The third-order valence-electron chi connectivity index (χ3n) is 30.4. The summed E-state index contributed by atoms with van der Waals surface area (Å²) < 4.78 is 8.02. The molecule has 149 heavy (non-hydrogen) atoms. The van der Waals surface area contributed by atoms with Crippen LogP contribution in [-0.4, -0.2) is 0 Å². The van der Waals surface area contributed by atoms with E-state index in [1.807, 2.05) is 34.0 Å². The smallest absolute Gasteiger partial charge is 0.0433 e. The minimum atomic E-state index is 1.21. The van der Waals surface area contributed by atoms with Gasteiger partial charge in [0.1, 0.15) is 0 Å². The molecule has 0 aliphatic rings. The molecular weight excluding hydrogens is 1850 g/mol. The van der Waals surface area contributed by atoms with Crippen LogP contribution in [0.15, 0.2) is 558 Å². The molecule has 0 nitrogen and oxygen atoms in total. The van der Waals surface area contributed by atoms with Crippen molar-refractivity contribution in [2.75, 3.05) is 0 Å². The zero-order chi connectivity index (χ0) is 98.4. The summed E-state index contributed by atoms with van der Waals surface area (Å²) in [6.07, 6.45) is 0. The quantitative estimate of drug-likeness (QED) is 0.101. The van der Waals surface area contributed by atoms with Crippen LogP contribution in [0.3, 0.4) is 0 Å². The van der Waals surface area contributed by atoms with Crippen LogP contribution in [0.5, 0.6) is 0 Å². The topological polar surface area (TPSA) is 0 Å². The van der Waals surface area contributed by atoms with Crippen molar-refractivity contribution in [1.82, 2.24) is 0 Å². The maximum atomic E-state index is 2.43. The molecule has 3 heterocycles. The lowest BCUT2D eigenvalue weighted by atomic mass is 9.83. The standard InChI is InChI=1S/C50H32S.2C48H30S/c1-3-13-33(14-4-1)34-25-27-36(28-26-34)49-43-21-8-7-20-42(43)48(35-15-5-2-6-16-35)44-30-29-38(32-46(44)49)37-17-11-18-39(31-37)40-22-12-23-45-41-19-9-10-24-47(41)51-50(40)45;1-2-14-32(15-3-1)46-40-21-6-7-22-41(40)47(39-24-11-16-31-13-4-5-19-36(31)39)44-30-34(27-28-42(44)46)33-17-10-18-35(29-33)37-23-12-25-43-38-20-8-9-26-45(38)49-48(37)43;1-2-13-32(14-3-1)46-40-19-6-7-20-41(40)47(37-25-24-31-12-4-5-15-33(31)29-37)44-30-35(26-27-42(44)46)34-16-10-17-36(28-34)38-21-11-22-43-39-18-8-9-23-45(39)49-48(38)43/h1-32H;2*1-30H. The van der Waals surface area contributed by atoms with E-state index in [4.69, 9.17) is 0 Å². The molecule has 3 aromatic heterocycles. The Labute approximate surface area is 876 Å². The van der Waals surface area contributed by atoms with Crippen LogP contribution in [0.25, 0.3) is 291 Å². The first-order valence-electron chi connectivity index (χ1n) is 51.2. The Morgan fingerprint density at radius 1 is 0.0940 bits per heavy atom. The van der Waals surface area contributed by atoms with Crippen LogP contribution in [0.1, 0.15) is 0 Å². The van der Waals surface area contributed by atoms with E-state index in [-0.39, 0.29) is 0 Å². The van der Waals surface area contributed by atoms with Crippen molar-refractivity contribution in [2.24, 2.45) is 0 Å². The second-order valence-corrected chi connectivity index (χ2v) is 42.0. The highest BCUT2D eigenvalue weighted by molar-refractivity contribution is 7.27. The zero-order valence-electron chi connectivity index (χ0n) is 81.3. The fourth-order valence-corrected chi connectivity index (χ4v) is 27.2. The number of hydrogen-bond acceptors (Lipinski definition) is 3. The largest absolute Gasteiger partial charge is 0.135 e. The van der Waals surface area contributed by atoms with Crippen molar-refractivity contribution in [3.8, 4) is 145 Å². The Kier molecular flexibility index (Phi) is 22.4. The van der Waals surface area contributed by atoms with E-state index < -0.39 is 0 Å². The number of benzene rings is 27. The van der Waals surface area contributed by atoms with Crippen LogP contribution < -0.4 is 0 Å². The first kappa shape index (κ1) is 88.4. The highest BCUT2D eigenvalue weighted by Gasteiger charge is 2.26. The van der Waals surface area contributed by atoms with Gasteiger partial charge < -0.3 is 0 Å². The summed E-state index contributed by atoms with van der Waals surface area (Å²) >= 11 is 5.66. The summed E-state index contributed by atoms with van der Waals surface area (Å²) in [6.45, 7) is 0. The number of hydrogen-bond donors (Lipinski definition) is 0. The summed E-state index contributed by atoms with van der Waals surface area (Å²) in [5, 5.41) is 28.2. The van der Waals surface area contributed by atoms with Crippen LogP contribution >= 0.6 is 34.0 Å². The highest BCUT2D eigenvalue weighted by Crippen LogP contribution is 2.53. The fourth-order valence-electron chi connectivity index (χ4n) is 23.5. The Hall–Kier alpha value is -18.3. The number of fused-ring (bicyclic) bond motifs is 17. The molecule has 0 saturated carbocycles. The van der Waals surface area contributed by atoms with Gasteiger partial charge in [-0.05, 0) is 291 Å². The van der Waals surface area contributed by atoms with Crippen molar-refractivity contribution >= 4 is 181 Å². The molecule has 0 atom stereocenters. The molecule has 3 heteroatoms. The molecule has 0 aliphatic carbocycles. The van der Waals surface area contributed by atoms with Gasteiger partial charge >= 0.3 is 0 Å². The summed E-state index contributed by atoms with van der Waals surface area (Å²) in [4.78, 5) is 0. The molecule has 0 radical (unpaired) electrons. The van der Waals surface area contributed by atoms with E-state index in [9.17, 15) is 0 Å². The summed E-state index contributed by atoms with van der Waals surface area (Å²) in [7, 11) is 0. The lowest BCUT2D eigenvalue weighted by molar-refractivity contribution is 1.60. The van der Waals surface area contributed by atoms with Gasteiger partial charge in [0.15, 0.2) is 0 Å². The molecule has 30 rings (SSSR count). The van der Waals surface area contributed by atoms with Crippen LogP contribution in [-0.2, 0) is 0 Å². The summed E-state index contributed by atoms with van der Waals surface area (Å²) in [5.74, 6) is 0. The Morgan fingerprint density at radius 2 is 0.322 bits per heavy atom. The maximum Gasteiger partial charge on any atom is 0.0433 e. The average Bonchev–Trinajstić information content (AvgIpc) is 1.46. The van der Waals surface area contributed by atoms with Crippen molar-refractivity contribution in [3.05, 3.63) is 558 Å². The monoisotopic (exact) mass is 1940 g/mol. The van der Waals surface area contributed by atoms with Crippen molar-refractivity contribution in [1.29, 1.82) is 0 Å². The molecule has 27 aromatic carbocycles. The van der Waals surface area contributed by atoms with Gasteiger partial charge in [0, 0.05) is 60.5 Å². The van der Waals surface area contributed by atoms with Gasteiger partial charge in [-0.2, -0.15) is 0 Å². The second kappa shape index (κ2) is 37.7. The maximum absolute atomic E-state index is 2.43. The van der Waals surface area contributed by atoms with E-state index in [2.05, 4.69) is 558 Å². The SMILES string of the molecule is c1ccc(-c2c3ccccc3c(-c3ccc4ccccc4c3)c3cc(-c4cccc(-c5cccc6c5sc5ccccc56)c4)ccc23)cc1.c1ccc(-c2c3ccccc3c(-c3cccc4ccccc34)c3cc(-c4cccc(-c5cccc6c5sc5ccccc56)c4)ccc23)cc1.c1ccc(-c2ccc(-c3c4ccccc4c(-c4ccccc4)c4ccc(-c5cccc(-c6cccc7c6sc6ccccc67)c5)cc34)cc2)cc1. The van der Waals surface area contributed by atoms with Crippen molar-refractivity contribution in [2.45, 2.75) is 0 Å². The molecule has 0 unspecified atom stereocenters. The molecular formula is C146H92S3. The molecule has 0 N–H and O–H groups in total.